The van der Waals surface area contributed by atoms with E-state index in [1.165, 1.54) is 16.9 Å². The van der Waals surface area contributed by atoms with Gasteiger partial charge in [0, 0.05) is 24.5 Å². The van der Waals surface area contributed by atoms with E-state index in [0.717, 1.165) is 34.3 Å². The minimum Gasteiger partial charge on any atom is -0.375 e. The smallest absolute Gasteiger partial charge is 0.321 e. The fraction of sp³-hybridized carbons (Fsp3) is 0.278. The molecule has 0 spiro atoms. The van der Waals surface area contributed by atoms with Crippen LogP contribution in [0.4, 0.5) is 9.93 Å². The molecule has 0 aliphatic carbocycles. The molecule has 0 fully saturated rings. The average molecular weight is 354 g/mol. The Morgan fingerprint density at radius 3 is 3.12 bits per heavy atom. The topological polar surface area (TPSA) is 76.1 Å². The molecular weight excluding hydrogens is 336 g/mol. The lowest BCUT2D eigenvalue weighted by atomic mass is 10.1. The fourth-order valence-corrected chi connectivity index (χ4v) is 3.84. The van der Waals surface area contributed by atoms with E-state index in [-0.39, 0.29) is 6.03 Å². The number of fused-ring (bicyclic) bond motifs is 2. The molecule has 0 radical (unpaired) electrons. The number of thiazole rings is 1. The van der Waals surface area contributed by atoms with Gasteiger partial charge in [-0.2, -0.15) is 0 Å². The predicted molar refractivity (Wildman–Crippen MR) is 97.9 cm³/mol. The van der Waals surface area contributed by atoms with Crippen molar-refractivity contribution in [3.63, 3.8) is 0 Å². The zero-order chi connectivity index (χ0) is 17.1. The van der Waals surface area contributed by atoms with Gasteiger partial charge in [-0.15, -0.1) is 0 Å². The van der Waals surface area contributed by atoms with Crippen LogP contribution in [0.3, 0.4) is 0 Å². The summed E-state index contributed by atoms with van der Waals surface area (Å²) in [7, 11) is 0. The van der Waals surface area contributed by atoms with Crippen molar-refractivity contribution in [1.29, 1.82) is 0 Å². The third-order valence-electron chi connectivity index (χ3n) is 4.13. The normalized spacial score (nSPS) is 13.4. The van der Waals surface area contributed by atoms with Crippen LogP contribution in [0.5, 0.6) is 0 Å². The van der Waals surface area contributed by atoms with Crippen LogP contribution >= 0.6 is 11.3 Å². The van der Waals surface area contributed by atoms with Gasteiger partial charge in [0.05, 0.1) is 29.3 Å². The molecule has 0 unspecified atom stereocenters. The maximum absolute atomic E-state index is 12.1. The minimum atomic E-state index is -0.231. The van der Waals surface area contributed by atoms with Crippen molar-refractivity contribution in [3.8, 4) is 0 Å². The second-order valence-corrected chi connectivity index (χ2v) is 6.89. The van der Waals surface area contributed by atoms with Crippen molar-refractivity contribution in [1.82, 2.24) is 15.3 Å². The van der Waals surface area contributed by atoms with Crippen molar-refractivity contribution in [3.05, 3.63) is 52.7 Å². The Hall–Kier alpha value is -2.51. The first-order chi connectivity index (χ1) is 12.3. The molecule has 2 aromatic heterocycles. The van der Waals surface area contributed by atoms with E-state index in [1.807, 2.05) is 24.3 Å². The van der Waals surface area contributed by atoms with Crippen molar-refractivity contribution >= 4 is 33.4 Å². The monoisotopic (exact) mass is 354 g/mol. The summed E-state index contributed by atoms with van der Waals surface area (Å²) in [5, 5.41) is 7.45. The van der Waals surface area contributed by atoms with Gasteiger partial charge in [-0.1, -0.05) is 29.5 Å². The van der Waals surface area contributed by atoms with E-state index in [4.69, 9.17) is 4.74 Å². The SMILES string of the molecule is O=C(NCCc1ccnc2ccccc12)Nc1nc2c(s1)COCC2. The highest BCUT2D eigenvalue weighted by Crippen LogP contribution is 2.26. The lowest BCUT2D eigenvalue weighted by Crippen LogP contribution is -2.30. The Bertz CT molecular complexity index is 880. The van der Waals surface area contributed by atoms with Crippen LogP contribution in [-0.2, 0) is 24.2 Å². The van der Waals surface area contributed by atoms with E-state index in [2.05, 4.69) is 26.7 Å². The van der Waals surface area contributed by atoms with Gasteiger partial charge in [-0.05, 0) is 24.1 Å². The van der Waals surface area contributed by atoms with Gasteiger partial charge in [-0.3, -0.25) is 10.3 Å². The summed E-state index contributed by atoms with van der Waals surface area (Å²) in [4.78, 5) is 22.0. The molecule has 128 valence electrons. The number of benzene rings is 1. The van der Waals surface area contributed by atoms with Crippen LogP contribution in [0.25, 0.3) is 10.9 Å². The molecule has 1 aliphatic rings. The Kier molecular flexibility index (Phi) is 4.58. The van der Waals surface area contributed by atoms with E-state index >= 15 is 0 Å². The number of aromatic nitrogens is 2. The van der Waals surface area contributed by atoms with Crippen LogP contribution in [0.15, 0.2) is 36.5 Å². The Morgan fingerprint density at radius 1 is 1.28 bits per heavy atom. The number of pyridine rings is 1. The number of ether oxygens (including phenoxy) is 1. The number of urea groups is 1. The van der Waals surface area contributed by atoms with Crippen molar-refractivity contribution < 1.29 is 9.53 Å². The molecule has 3 aromatic rings. The second kappa shape index (κ2) is 7.16. The predicted octanol–water partition coefficient (Wildman–Crippen LogP) is 3.13. The molecule has 7 heteroatoms. The molecule has 1 aromatic carbocycles. The zero-order valence-corrected chi connectivity index (χ0v) is 14.4. The largest absolute Gasteiger partial charge is 0.375 e. The molecule has 2 N–H and O–H groups in total. The molecule has 4 rings (SSSR count). The summed E-state index contributed by atoms with van der Waals surface area (Å²) >= 11 is 1.48. The maximum Gasteiger partial charge on any atom is 0.321 e. The Balaban J connectivity index is 1.33. The van der Waals surface area contributed by atoms with Crippen molar-refractivity contribution in [2.24, 2.45) is 0 Å². The molecule has 0 bridgehead atoms. The van der Waals surface area contributed by atoms with E-state index in [9.17, 15) is 4.79 Å². The highest BCUT2D eigenvalue weighted by atomic mass is 32.1. The number of carbonyl (C=O) groups excluding carboxylic acids is 1. The van der Waals surface area contributed by atoms with Gasteiger partial charge in [-0.25, -0.2) is 9.78 Å². The lowest BCUT2D eigenvalue weighted by molar-refractivity contribution is 0.112. The summed E-state index contributed by atoms with van der Waals surface area (Å²) in [6, 6.07) is 9.79. The fourth-order valence-electron chi connectivity index (χ4n) is 2.90. The standard InChI is InChI=1S/C18H18N4O2S/c23-17(22-18-21-15-7-10-24-11-16(15)25-18)20-9-6-12-5-8-19-14-4-2-1-3-13(12)14/h1-5,8H,6-7,9-11H2,(H2,20,21,22,23). The van der Waals surface area contributed by atoms with E-state index in [0.29, 0.717) is 24.9 Å². The van der Waals surface area contributed by atoms with E-state index < -0.39 is 0 Å². The number of hydrogen-bond acceptors (Lipinski definition) is 5. The summed E-state index contributed by atoms with van der Waals surface area (Å²) in [5.74, 6) is 0. The van der Waals surface area contributed by atoms with Crippen LogP contribution in [-0.4, -0.2) is 29.2 Å². The van der Waals surface area contributed by atoms with Gasteiger partial charge in [0.25, 0.3) is 0 Å². The molecule has 0 atom stereocenters. The molecule has 2 amide bonds. The van der Waals surface area contributed by atoms with Gasteiger partial charge in [0.2, 0.25) is 0 Å². The number of nitrogens with zero attached hydrogens (tertiary/aromatic N) is 2. The first-order valence-corrected chi connectivity index (χ1v) is 9.05. The van der Waals surface area contributed by atoms with Crippen LogP contribution in [0.1, 0.15) is 16.1 Å². The van der Waals surface area contributed by atoms with Gasteiger partial charge in [0.15, 0.2) is 5.13 Å². The van der Waals surface area contributed by atoms with Crippen LogP contribution in [0, 0.1) is 0 Å². The zero-order valence-electron chi connectivity index (χ0n) is 13.6. The highest BCUT2D eigenvalue weighted by Gasteiger charge is 2.16. The summed E-state index contributed by atoms with van der Waals surface area (Å²) in [5.41, 5.74) is 3.18. The first kappa shape index (κ1) is 16.0. The van der Waals surface area contributed by atoms with Gasteiger partial charge < -0.3 is 10.1 Å². The maximum atomic E-state index is 12.1. The minimum absolute atomic E-state index is 0.231. The van der Waals surface area contributed by atoms with Crippen LogP contribution < -0.4 is 10.6 Å². The van der Waals surface area contributed by atoms with Gasteiger partial charge in [0.1, 0.15) is 0 Å². The lowest BCUT2D eigenvalue weighted by Gasteiger charge is -2.08. The number of nitrogens with one attached hydrogen (secondary N) is 2. The number of anilines is 1. The van der Waals surface area contributed by atoms with Crippen LogP contribution in [0.2, 0.25) is 0 Å². The number of amides is 2. The molecule has 6 nitrogen and oxygen atoms in total. The Labute approximate surface area is 149 Å². The summed E-state index contributed by atoms with van der Waals surface area (Å²) in [6.07, 6.45) is 3.36. The number of hydrogen-bond donors (Lipinski definition) is 2. The molecule has 0 saturated heterocycles. The number of carbonyl (C=O) groups is 1. The molecule has 3 heterocycles. The third kappa shape index (κ3) is 3.62. The van der Waals surface area contributed by atoms with Gasteiger partial charge >= 0.3 is 6.03 Å². The second-order valence-electron chi connectivity index (χ2n) is 5.81. The molecule has 1 aliphatic heterocycles. The van der Waals surface area contributed by atoms with E-state index in [1.54, 1.807) is 6.20 Å². The summed E-state index contributed by atoms with van der Waals surface area (Å²) in [6.45, 7) is 1.84. The third-order valence-corrected chi connectivity index (χ3v) is 5.12. The molecule has 25 heavy (non-hydrogen) atoms. The molecule has 0 saturated carbocycles. The number of para-hydroxylation sites is 1. The number of rotatable bonds is 4. The quantitative estimate of drug-likeness (QED) is 0.755. The first-order valence-electron chi connectivity index (χ1n) is 8.23. The Morgan fingerprint density at radius 2 is 2.20 bits per heavy atom. The average Bonchev–Trinajstić information content (AvgIpc) is 3.04. The highest BCUT2D eigenvalue weighted by molar-refractivity contribution is 7.15. The molecular formula is C18H18N4O2S. The van der Waals surface area contributed by atoms with Crippen molar-refractivity contribution in [2.45, 2.75) is 19.4 Å². The van der Waals surface area contributed by atoms with Crippen molar-refractivity contribution in [2.75, 3.05) is 18.5 Å². The summed E-state index contributed by atoms with van der Waals surface area (Å²) < 4.78 is 5.40.